The second kappa shape index (κ2) is 5.78. The van der Waals surface area contributed by atoms with Gasteiger partial charge in [-0.2, -0.15) is 5.26 Å². The monoisotopic (exact) mass is 247 g/mol. The van der Waals surface area contributed by atoms with Crippen LogP contribution in [0.15, 0.2) is 12.4 Å². The molecule has 1 aromatic rings. The number of nitriles is 1. The van der Waals surface area contributed by atoms with E-state index in [9.17, 15) is 0 Å². The Morgan fingerprint density at radius 1 is 1.39 bits per heavy atom. The van der Waals surface area contributed by atoms with Gasteiger partial charge < -0.3 is 10.2 Å². The van der Waals surface area contributed by atoms with Crippen LogP contribution in [-0.4, -0.2) is 41.5 Å². The highest BCUT2D eigenvalue weighted by molar-refractivity contribution is 5.34. The van der Waals surface area contributed by atoms with Gasteiger partial charge in [-0.25, -0.2) is 9.97 Å². The summed E-state index contributed by atoms with van der Waals surface area (Å²) >= 11 is 0. The maximum Gasteiger partial charge on any atom is 0.158 e. The fourth-order valence-corrected chi connectivity index (χ4v) is 1.83. The molecule has 0 aliphatic heterocycles. The first-order valence-corrected chi connectivity index (χ1v) is 5.98. The van der Waals surface area contributed by atoms with Crippen LogP contribution in [0, 0.1) is 16.7 Å². The van der Waals surface area contributed by atoms with Gasteiger partial charge in [-0.1, -0.05) is 13.8 Å². The number of hydrogen-bond acceptors (Lipinski definition) is 5. The molecule has 1 heterocycles. The van der Waals surface area contributed by atoms with E-state index in [1.54, 1.807) is 6.20 Å². The van der Waals surface area contributed by atoms with Crippen molar-refractivity contribution in [3.05, 3.63) is 18.1 Å². The number of hydrogen-bond donors (Lipinski definition) is 1. The Labute approximate surface area is 109 Å². The summed E-state index contributed by atoms with van der Waals surface area (Å²) in [6.07, 6.45) is 3.08. The zero-order chi connectivity index (χ0) is 13.8. The molecular formula is C13H21N5. The summed E-state index contributed by atoms with van der Waals surface area (Å²) in [4.78, 5) is 10.3. The van der Waals surface area contributed by atoms with Crippen molar-refractivity contribution in [2.45, 2.75) is 26.8 Å². The van der Waals surface area contributed by atoms with Gasteiger partial charge in [0.15, 0.2) is 5.69 Å². The average molecular weight is 247 g/mol. The molecule has 1 N–H and O–H groups in total. The molecule has 0 aliphatic rings. The van der Waals surface area contributed by atoms with Crippen molar-refractivity contribution >= 4 is 5.82 Å². The van der Waals surface area contributed by atoms with Crippen LogP contribution in [0.5, 0.6) is 0 Å². The van der Waals surface area contributed by atoms with Crippen molar-refractivity contribution in [2.24, 2.45) is 5.41 Å². The largest absolute Gasteiger partial charge is 0.366 e. The van der Waals surface area contributed by atoms with Crippen LogP contribution in [0.1, 0.15) is 26.5 Å². The topological polar surface area (TPSA) is 64.8 Å². The molecule has 0 spiro atoms. The maximum atomic E-state index is 8.66. The lowest BCUT2D eigenvalue weighted by Crippen LogP contribution is -2.41. The van der Waals surface area contributed by atoms with E-state index >= 15 is 0 Å². The highest BCUT2D eigenvalue weighted by Crippen LogP contribution is 2.23. The van der Waals surface area contributed by atoms with Crippen LogP contribution in [0.25, 0.3) is 0 Å². The molecule has 0 amide bonds. The first-order chi connectivity index (χ1) is 8.35. The molecular weight excluding hydrogens is 226 g/mol. The number of nitrogens with one attached hydrogen (secondary N) is 1. The molecule has 0 bridgehead atoms. The van der Waals surface area contributed by atoms with Gasteiger partial charge in [0.1, 0.15) is 11.9 Å². The standard InChI is InChI=1S/C13H21N5/c1-10(13(2,3)9-18(4)5)17-12-8-15-11(6-14)7-16-12/h7-8,10H,9H2,1-5H3,(H,16,17). The van der Waals surface area contributed by atoms with Crippen LogP contribution in [0.4, 0.5) is 5.82 Å². The van der Waals surface area contributed by atoms with Gasteiger partial charge in [-0.05, 0) is 26.4 Å². The predicted octanol–water partition coefficient (Wildman–Crippen LogP) is 1.74. The van der Waals surface area contributed by atoms with Crippen molar-refractivity contribution in [2.75, 3.05) is 26.0 Å². The molecule has 5 heteroatoms. The first kappa shape index (κ1) is 14.4. The second-order valence-electron chi connectivity index (χ2n) is 5.49. The molecule has 1 aromatic heterocycles. The van der Waals surface area contributed by atoms with Crippen molar-refractivity contribution in [3.8, 4) is 6.07 Å². The van der Waals surface area contributed by atoms with Crippen LogP contribution >= 0.6 is 0 Å². The fraction of sp³-hybridized carbons (Fsp3) is 0.615. The minimum absolute atomic E-state index is 0.110. The molecule has 1 atom stereocenters. The molecule has 98 valence electrons. The van der Waals surface area contributed by atoms with Crippen LogP contribution in [-0.2, 0) is 0 Å². The molecule has 0 saturated heterocycles. The maximum absolute atomic E-state index is 8.66. The smallest absolute Gasteiger partial charge is 0.158 e. The first-order valence-electron chi connectivity index (χ1n) is 5.98. The molecule has 5 nitrogen and oxygen atoms in total. The van der Waals surface area contributed by atoms with E-state index < -0.39 is 0 Å². The second-order valence-corrected chi connectivity index (χ2v) is 5.49. The highest BCUT2D eigenvalue weighted by Gasteiger charge is 2.26. The average Bonchev–Trinajstić information content (AvgIpc) is 2.28. The van der Waals surface area contributed by atoms with E-state index in [1.165, 1.54) is 6.20 Å². The van der Waals surface area contributed by atoms with E-state index in [0.29, 0.717) is 11.5 Å². The summed E-state index contributed by atoms with van der Waals surface area (Å²) in [6.45, 7) is 7.53. The lowest BCUT2D eigenvalue weighted by molar-refractivity contribution is 0.217. The third-order valence-electron chi connectivity index (χ3n) is 3.03. The zero-order valence-electron chi connectivity index (χ0n) is 11.7. The summed E-state index contributed by atoms with van der Waals surface area (Å²) in [5, 5.41) is 12.0. The molecule has 0 radical (unpaired) electrons. The Hall–Kier alpha value is -1.67. The Morgan fingerprint density at radius 3 is 2.50 bits per heavy atom. The van der Waals surface area contributed by atoms with E-state index in [-0.39, 0.29) is 11.5 Å². The van der Waals surface area contributed by atoms with Gasteiger partial charge in [0.25, 0.3) is 0 Å². The van der Waals surface area contributed by atoms with Crippen molar-refractivity contribution in [3.63, 3.8) is 0 Å². The van der Waals surface area contributed by atoms with Crippen LogP contribution in [0.3, 0.4) is 0 Å². The van der Waals surface area contributed by atoms with E-state index in [1.807, 2.05) is 6.07 Å². The third kappa shape index (κ3) is 3.97. The summed E-state index contributed by atoms with van der Waals surface area (Å²) in [5.74, 6) is 0.702. The molecule has 0 aliphatic carbocycles. The fourth-order valence-electron chi connectivity index (χ4n) is 1.83. The minimum Gasteiger partial charge on any atom is -0.366 e. The normalized spacial score (nSPS) is 13.2. The van der Waals surface area contributed by atoms with Gasteiger partial charge in [0.05, 0.1) is 12.4 Å². The minimum atomic E-state index is 0.110. The number of rotatable bonds is 5. The Bertz CT molecular complexity index is 416. The van der Waals surface area contributed by atoms with Gasteiger partial charge in [-0.15, -0.1) is 0 Å². The predicted molar refractivity (Wildman–Crippen MR) is 72.2 cm³/mol. The Kier molecular flexibility index (Phi) is 4.62. The van der Waals surface area contributed by atoms with Crippen molar-refractivity contribution < 1.29 is 0 Å². The quantitative estimate of drug-likeness (QED) is 0.858. The molecule has 1 unspecified atom stereocenters. The van der Waals surface area contributed by atoms with Crippen molar-refractivity contribution in [1.29, 1.82) is 5.26 Å². The lowest BCUT2D eigenvalue weighted by Gasteiger charge is -2.35. The van der Waals surface area contributed by atoms with Crippen LogP contribution in [0.2, 0.25) is 0 Å². The summed E-state index contributed by atoms with van der Waals surface area (Å²) in [6, 6.07) is 2.21. The van der Waals surface area contributed by atoms with Crippen LogP contribution < -0.4 is 5.32 Å². The summed E-state index contributed by atoms with van der Waals surface area (Å²) in [7, 11) is 4.13. The zero-order valence-corrected chi connectivity index (χ0v) is 11.7. The molecule has 0 saturated carbocycles. The number of anilines is 1. The number of aromatic nitrogens is 2. The lowest BCUT2D eigenvalue weighted by atomic mass is 9.85. The molecule has 1 rings (SSSR count). The van der Waals surface area contributed by atoms with E-state index in [4.69, 9.17) is 5.26 Å². The highest BCUT2D eigenvalue weighted by atomic mass is 15.1. The molecule has 0 aromatic carbocycles. The Balaban J connectivity index is 2.68. The summed E-state index contributed by atoms with van der Waals surface area (Å²) < 4.78 is 0. The van der Waals surface area contributed by atoms with E-state index in [0.717, 1.165) is 6.54 Å². The Morgan fingerprint density at radius 2 is 2.06 bits per heavy atom. The third-order valence-corrected chi connectivity index (χ3v) is 3.03. The van der Waals surface area contributed by atoms with E-state index in [2.05, 4.69) is 55.1 Å². The SMILES string of the molecule is CC(Nc1cnc(C#N)cn1)C(C)(C)CN(C)C. The molecule has 18 heavy (non-hydrogen) atoms. The van der Waals surface area contributed by atoms with Gasteiger partial charge >= 0.3 is 0 Å². The number of nitrogens with zero attached hydrogens (tertiary/aromatic N) is 4. The summed E-state index contributed by atoms with van der Waals surface area (Å²) in [5.41, 5.74) is 0.444. The molecule has 0 fully saturated rings. The van der Waals surface area contributed by atoms with Gasteiger partial charge in [0, 0.05) is 12.6 Å². The van der Waals surface area contributed by atoms with Crippen molar-refractivity contribution in [1.82, 2.24) is 14.9 Å². The van der Waals surface area contributed by atoms with Gasteiger partial charge in [0.2, 0.25) is 0 Å². The van der Waals surface area contributed by atoms with Gasteiger partial charge in [-0.3, -0.25) is 0 Å².